The van der Waals surface area contributed by atoms with Crippen molar-refractivity contribution >= 4 is 29.5 Å². The van der Waals surface area contributed by atoms with Crippen LogP contribution < -0.4 is 10.6 Å². The Morgan fingerprint density at radius 1 is 0.969 bits per heavy atom. The zero-order valence-electron chi connectivity index (χ0n) is 18.0. The summed E-state index contributed by atoms with van der Waals surface area (Å²) in [6, 6.07) is 16.4. The van der Waals surface area contributed by atoms with Crippen LogP contribution in [-0.2, 0) is 9.59 Å². The molecule has 32 heavy (non-hydrogen) atoms. The third kappa shape index (κ3) is 5.42. The molecule has 0 aliphatic carbocycles. The van der Waals surface area contributed by atoms with Crippen molar-refractivity contribution < 1.29 is 14.4 Å². The molecule has 0 saturated carbocycles. The van der Waals surface area contributed by atoms with E-state index in [-0.39, 0.29) is 30.6 Å². The molecule has 3 amide bonds. The van der Waals surface area contributed by atoms with Crippen LogP contribution in [0.5, 0.6) is 0 Å². The number of hydrogen-bond acceptors (Lipinski definition) is 4. The number of piperazine rings is 1. The molecule has 2 aliphatic heterocycles. The van der Waals surface area contributed by atoms with Crippen molar-refractivity contribution in [3.05, 3.63) is 71.8 Å². The van der Waals surface area contributed by atoms with Crippen LogP contribution in [0.15, 0.2) is 60.7 Å². The Balaban J connectivity index is 1.22. The second-order valence-electron chi connectivity index (χ2n) is 8.09. The third-order valence-corrected chi connectivity index (χ3v) is 5.90. The van der Waals surface area contributed by atoms with Gasteiger partial charge in [-0.3, -0.25) is 19.3 Å². The lowest BCUT2D eigenvalue weighted by Crippen LogP contribution is -2.49. The molecule has 166 valence electrons. The van der Waals surface area contributed by atoms with E-state index >= 15 is 0 Å². The number of anilines is 1. The van der Waals surface area contributed by atoms with Gasteiger partial charge < -0.3 is 15.5 Å². The van der Waals surface area contributed by atoms with Gasteiger partial charge in [0.1, 0.15) is 6.04 Å². The fourth-order valence-corrected chi connectivity index (χ4v) is 4.02. The van der Waals surface area contributed by atoms with Gasteiger partial charge in [0.05, 0.1) is 11.3 Å². The zero-order chi connectivity index (χ0) is 22.3. The molecule has 4 rings (SSSR count). The van der Waals surface area contributed by atoms with E-state index < -0.39 is 6.04 Å². The molecule has 1 unspecified atom stereocenters. The molecule has 7 heteroatoms. The summed E-state index contributed by atoms with van der Waals surface area (Å²) in [5.74, 6) is -0.562. The van der Waals surface area contributed by atoms with Gasteiger partial charge in [-0.1, -0.05) is 54.6 Å². The van der Waals surface area contributed by atoms with Crippen molar-refractivity contribution in [3.8, 4) is 0 Å². The first-order valence-electron chi connectivity index (χ1n) is 11.0. The highest BCUT2D eigenvalue weighted by Crippen LogP contribution is 2.19. The van der Waals surface area contributed by atoms with Crippen molar-refractivity contribution in [1.29, 1.82) is 0 Å². The number of fused-ring (bicyclic) bond motifs is 1. The first-order valence-corrected chi connectivity index (χ1v) is 11.0. The monoisotopic (exact) mass is 432 g/mol. The second kappa shape index (κ2) is 10.2. The Morgan fingerprint density at radius 2 is 1.69 bits per heavy atom. The second-order valence-corrected chi connectivity index (χ2v) is 8.09. The molecule has 2 N–H and O–H groups in total. The Morgan fingerprint density at radius 3 is 2.47 bits per heavy atom. The van der Waals surface area contributed by atoms with Gasteiger partial charge in [-0.05, 0) is 24.1 Å². The molecule has 7 nitrogen and oxygen atoms in total. The lowest BCUT2D eigenvalue weighted by Gasteiger charge is -2.34. The molecular weight excluding hydrogens is 404 g/mol. The van der Waals surface area contributed by atoms with Crippen LogP contribution in [0.25, 0.3) is 6.08 Å². The van der Waals surface area contributed by atoms with Crippen molar-refractivity contribution in [2.45, 2.75) is 18.9 Å². The molecular formula is C25H28N4O3. The molecule has 0 bridgehead atoms. The van der Waals surface area contributed by atoms with Gasteiger partial charge in [-0.2, -0.15) is 0 Å². The van der Waals surface area contributed by atoms with E-state index in [1.54, 1.807) is 24.3 Å². The Bertz CT molecular complexity index is 997. The van der Waals surface area contributed by atoms with E-state index in [0.29, 0.717) is 24.3 Å². The van der Waals surface area contributed by atoms with E-state index in [9.17, 15) is 14.4 Å². The normalized spacial score (nSPS) is 19.2. The zero-order valence-corrected chi connectivity index (χ0v) is 18.0. The minimum Gasteiger partial charge on any atom is -0.340 e. The third-order valence-electron chi connectivity index (χ3n) is 5.90. The summed E-state index contributed by atoms with van der Waals surface area (Å²) in [5.41, 5.74) is 2.12. The number of hydrogen-bond donors (Lipinski definition) is 2. The molecule has 0 aromatic heterocycles. The first kappa shape index (κ1) is 21.8. The number of carbonyl (C=O) groups is 3. The number of nitrogens with one attached hydrogen (secondary N) is 2. The smallest absolute Gasteiger partial charge is 0.254 e. The standard InChI is InChI=1S/C25H28N4O3/c30-23(13-12-22-25(32)26-21-11-5-4-10-20(21)24(31)27-22)29-17-15-28(16-18-29)14-6-9-19-7-2-1-3-8-19/h1-11,22H,12-18H2,(H,26,32)(H,27,31). The van der Waals surface area contributed by atoms with E-state index in [2.05, 4.69) is 39.8 Å². The minimum atomic E-state index is -0.719. The summed E-state index contributed by atoms with van der Waals surface area (Å²) in [6.45, 7) is 3.84. The first-order chi connectivity index (χ1) is 15.6. The van der Waals surface area contributed by atoms with Gasteiger partial charge in [-0.15, -0.1) is 0 Å². The summed E-state index contributed by atoms with van der Waals surface area (Å²) in [6.07, 6.45) is 4.77. The molecule has 2 aliphatic rings. The number of amides is 3. The quantitative estimate of drug-likeness (QED) is 0.734. The maximum Gasteiger partial charge on any atom is 0.254 e. The van der Waals surface area contributed by atoms with Crippen LogP contribution in [0.1, 0.15) is 28.8 Å². The molecule has 1 fully saturated rings. The Labute approximate surface area is 188 Å². The molecule has 2 aromatic carbocycles. The highest BCUT2D eigenvalue weighted by Gasteiger charge is 2.29. The lowest BCUT2D eigenvalue weighted by atomic mass is 10.1. The van der Waals surface area contributed by atoms with Crippen LogP contribution in [0, 0.1) is 0 Å². The molecule has 0 spiro atoms. The van der Waals surface area contributed by atoms with E-state index in [1.165, 1.54) is 5.56 Å². The SMILES string of the molecule is O=C1NC(CCC(=O)N2CCN(CC=Cc3ccccc3)CC2)C(=O)Nc2ccccc21. The fraction of sp³-hybridized carbons (Fsp3) is 0.320. The highest BCUT2D eigenvalue weighted by molar-refractivity contribution is 6.09. The Kier molecular flexibility index (Phi) is 6.97. The molecule has 2 aromatic rings. The summed E-state index contributed by atoms with van der Waals surface area (Å²) in [4.78, 5) is 41.8. The minimum absolute atomic E-state index is 0.0216. The maximum absolute atomic E-state index is 12.7. The molecule has 1 saturated heterocycles. The highest BCUT2D eigenvalue weighted by atomic mass is 16.2. The van der Waals surface area contributed by atoms with Crippen LogP contribution in [-0.4, -0.2) is 66.3 Å². The van der Waals surface area contributed by atoms with Crippen LogP contribution in [0.3, 0.4) is 0 Å². The fourth-order valence-electron chi connectivity index (χ4n) is 4.02. The number of nitrogens with zero attached hydrogens (tertiary/aromatic N) is 2. The van der Waals surface area contributed by atoms with Crippen LogP contribution in [0.2, 0.25) is 0 Å². The van der Waals surface area contributed by atoms with Gasteiger partial charge in [-0.25, -0.2) is 0 Å². The topological polar surface area (TPSA) is 81.8 Å². The van der Waals surface area contributed by atoms with Gasteiger partial charge >= 0.3 is 0 Å². The van der Waals surface area contributed by atoms with E-state index in [1.807, 2.05) is 23.1 Å². The number of carbonyl (C=O) groups excluding carboxylic acids is 3. The van der Waals surface area contributed by atoms with Crippen molar-refractivity contribution in [2.24, 2.45) is 0 Å². The van der Waals surface area contributed by atoms with E-state index in [4.69, 9.17) is 0 Å². The maximum atomic E-state index is 12.7. The van der Waals surface area contributed by atoms with Gasteiger partial charge in [0, 0.05) is 39.1 Å². The van der Waals surface area contributed by atoms with Gasteiger partial charge in [0.2, 0.25) is 11.8 Å². The Hall–Kier alpha value is -3.45. The van der Waals surface area contributed by atoms with Crippen LogP contribution >= 0.6 is 0 Å². The van der Waals surface area contributed by atoms with Crippen molar-refractivity contribution in [2.75, 3.05) is 38.0 Å². The van der Waals surface area contributed by atoms with Crippen molar-refractivity contribution in [3.63, 3.8) is 0 Å². The number of para-hydroxylation sites is 1. The average Bonchev–Trinajstić information content (AvgIpc) is 2.94. The molecule has 1 atom stereocenters. The van der Waals surface area contributed by atoms with Crippen LogP contribution in [0.4, 0.5) is 5.69 Å². The predicted octanol–water partition coefficient (Wildman–Crippen LogP) is 2.37. The number of benzene rings is 2. The number of rotatable bonds is 6. The summed E-state index contributed by atoms with van der Waals surface area (Å²) < 4.78 is 0. The molecule has 0 radical (unpaired) electrons. The lowest BCUT2D eigenvalue weighted by molar-refractivity contribution is -0.133. The molecule has 2 heterocycles. The van der Waals surface area contributed by atoms with E-state index in [0.717, 1.165) is 19.6 Å². The average molecular weight is 433 g/mol. The van der Waals surface area contributed by atoms with Gasteiger partial charge in [0.15, 0.2) is 0 Å². The van der Waals surface area contributed by atoms with Crippen molar-refractivity contribution in [1.82, 2.24) is 15.1 Å². The van der Waals surface area contributed by atoms with Gasteiger partial charge in [0.25, 0.3) is 5.91 Å². The largest absolute Gasteiger partial charge is 0.340 e. The summed E-state index contributed by atoms with van der Waals surface area (Å²) >= 11 is 0. The predicted molar refractivity (Wildman–Crippen MR) is 124 cm³/mol. The summed E-state index contributed by atoms with van der Waals surface area (Å²) in [7, 11) is 0. The summed E-state index contributed by atoms with van der Waals surface area (Å²) in [5, 5.41) is 5.53.